The Morgan fingerprint density at radius 1 is 1.61 bits per heavy atom. The van der Waals surface area contributed by atoms with Gasteiger partial charge in [0.15, 0.2) is 0 Å². The van der Waals surface area contributed by atoms with E-state index in [0.717, 1.165) is 37.3 Å². The Balaban J connectivity index is 2.05. The summed E-state index contributed by atoms with van der Waals surface area (Å²) in [7, 11) is 0. The first-order chi connectivity index (χ1) is 8.72. The molecule has 2 atom stereocenters. The molecule has 2 unspecified atom stereocenters. The molecule has 0 spiro atoms. The number of carbonyl (C=O) groups excluding carboxylic acids is 1. The van der Waals surface area contributed by atoms with Gasteiger partial charge in [-0.05, 0) is 38.3 Å². The lowest BCUT2D eigenvalue weighted by Crippen LogP contribution is -2.38. The Kier molecular flexibility index (Phi) is 4.31. The zero-order valence-electron chi connectivity index (χ0n) is 11.0. The largest absolute Gasteiger partial charge is 0.377 e. The Hall–Kier alpha value is -1.42. The monoisotopic (exact) mass is 248 g/mol. The average Bonchev–Trinajstić information content (AvgIpc) is 2.41. The summed E-state index contributed by atoms with van der Waals surface area (Å²) in [6, 6.07) is 3.71. The lowest BCUT2D eigenvalue weighted by atomic mass is 9.91. The number of pyridine rings is 1. The number of aryl methyl sites for hydroxylation is 1. The van der Waals surface area contributed by atoms with Crippen molar-refractivity contribution in [1.29, 1.82) is 0 Å². The van der Waals surface area contributed by atoms with E-state index in [9.17, 15) is 4.79 Å². The van der Waals surface area contributed by atoms with Crippen molar-refractivity contribution in [3.05, 3.63) is 24.0 Å². The van der Waals surface area contributed by atoms with E-state index in [1.807, 2.05) is 19.1 Å². The molecule has 18 heavy (non-hydrogen) atoms. The average molecular weight is 248 g/mol. The molecule has 1 aromatic rings. The number of carbonyl (C=O) groups is 1. The molecule has 4 heteroatoms. The number of hydrogen-bond acceptors (Lipinski definition) is 3. The molecule has 0 radical (unpaired) electrons. The molecule has 0 aliphatic carbocycles. The fourth-order valence-electron chi connectivity index (χ4n) is 2.38. The summed E-state index contributed by atoms with van der Waals surface area (Å²) in [5, 5.41) is 2.96. The van der Waals surface area contributed by atoms with Crippen LogP contribution in [0.5, 0.6) is 0 Å². The Morgan fingerprint density at radius 2 is 2.44 bits per heavy atom. The van der Waals surface area contributed by atoms with Crippen LogP contribution in [0.2, 0.25) is 0 Å². The SMILES string of the molecule is CCC1OCCCC1C(=O)Nc1cccnc1C. The number of nitrogens with one attached hydrogen (secondary N) is 1. The maximum absolute atomic E-state index is 12.3. The van der Waals surface area contributed by atoms with Crippen LogP contribution in [0.15, 0.2) is 18.3 Å². The van der Waals surface area contributed by atoms with Crippen LogP contribution >= 0.6 is 0 Å². The number of nitrogens with zero attached hydrogens (tertiary/aromatic N) is 1. The molecular formula is C14H20N2O2. The van der Waals surface area contributed by atoms with Gasteiger partial charge in [-0.15, -0.1) is 0 Å². The van der Waals surface area contributed by atoms with Gasteiger partial charge in [0, 0.05) is 12.8 Å². The molecule has 0 bridgehead atoms. The predicted molar refractivity (Wildman–Crippen MR) is 70.4 cm³/mol. The minimum Gasteiger partial charge on any atom is -0.377 e. The number of rotatable bonds is 3. The Bertz CT molecular complexity index is 420. The van der Waals surface area contributed by atoms with Gasteiger partial charge in [-0.1, -0.05) is 6.92 Å². The first kappa shape index (κ1) is 13.0. The van der Waals surface area contributed by atoms with Crippen LogP contribution in [-0.2, 0) is 9.53 Å². The third kappa shape index (κ3) is 2.88. The zero-order chi connectivity index (χ0) is 13.0. The highest BCUT2D eigenvalue weighted by Gasteiger charge is 2.30. The van der Waals surface area contributed by atoms with Crippen molar-refractivity contribution in [3.63, 3.8) is 0 Å². The molecular weight excluding hydrogens is 228 g/mol. The smallest absolute Gasteiger partial charge is 0.230 e. The van der Waals surface area contributed by atoms with Crippen molar-refractivity contribution >= 4 is 11.6 Å². The van der Waals surface area contributed by atoms with Gasteiger partial charge in [0.1, 0.15) is 0 Å². The quantitative estimate of drug-likeness (QED) is 0.894. The molecule has 0 aromatic carbocycles. The number of amides is 1. The fourth-order valence-corrected chi connectivity index (χ4v) is 2.38. The maximum Gasteiger partial charge on any atom is 0.230 e. The third-order valence-electron chi connectivity index (χ3n) is 3.44. The van der Waals surface area contributed by atoms with E-state index >= 15 is 0 Å². The lowest BCUT2D eigenvalue weighted by Gasteiger charge is -2.30. The second-order valence-corrected chi connectivity index (χ2v) is 4.69. The topological polar surface area (TPSA) is 51.2 Å². The molecule has 98 valence electrons. The highest BCUT2D eigenvalue weighted by molar-refractivity contribution is 5.93. The predicted octanol–water partition coefficient (Wildman–Crippen LogP) is 2.53. The number of anilines is 1. The summed E-state index contributed by atoms with van der Waals surface area (Å²) in [5.41, 5.74) is 1.64. The summed E-state index contributed by atoms with van der Waals surface area (Å²) in [6.45, 7) is 4.73. The van der Waals surface area contributed by atoms with Crippen molar-refractivity contribution in [3.8, 4) is 0 Å². The van der Waals surface area contributed by atoms with Crippen molar-refractivity contribution in [2.45, 2.75) is 39.2 Å². The van der Waals surface area contributed by atoms with E-state index in [0.29, 0.717) is 0 Å². The Labute approximate surface area is 108 Å². The van der Waals surface area contributed by atoms with Gasteiger partial charge in [-0.25, -0.2) is 0 Å². The summed E-state index contributed by atoms with van der Waals surface area (Å²) >= 11 is 0. The van der Waals surface area contributed by atoms with E-state index in [4.69, 9.17) is 4.74 Å². The first-order valence-corrected chi connectivity index (χ1v) is 6.56. The van der Waals surface area contributed by atoms with E-state index < -0.39 is 0 Å². The molecule has 4 nitrogen and oxygen atoms in total. The molecule has 1 N–H and O–H groups in total. The van der Waals surface area contributed by atoms with Gasteiger partial charge in [0.05, 0.1) is 23.4 Å². The van der Waals surface area contributed by atoms with Crippen molar-refractivity contribution in [2.24, 2.45) is 5.92 Å². The molecule has 1 aliphatic rings. The van der Waals surface area contributed by atoms with Crippen molar-refractivity contribution in [2.75, 3.05) is 11.9 Å². The van der Waals surface area contributed by atoms with Gasteiger partial charge >= 0.3 is 0 Å². The molecule has 0 saturated carbocycles. The third-order valence-corrected chi connectivity index (χ3v) is 3.44. The Morgan fingerprint density at radius 3 is 3.17 bits per heavy atom. The minimum atomic E-state index is -0.0386. The van der Waals surface area contributed by atoms with Gasteiger partial charge in [-0.2, -0.15) is 0 Å². The zero-order valence-corrected chi connectivity index (χ0v) is 11.0. The lowest BCUT2D eigenvalue weighted by molar-refractivity contribution is -0.129. The minimum absolute atomic E-state index is 0.0386. The fraction of sp³-hybridized carbons (Fsp3) is 0.571. The van der Waals surface area contributed by atoms with Crippen molar-refractivity contribution < 1.29 is 9.53 Å². The van der Waals surface area contributed by atoms with Crippen LogP contribution in [0.1, 0.15) is 31.9 Å². The summed E-state index contributed by atoms with van der Waals surface area (Å²) in [6.07, 6.45) is 4.52. The summed E-state index contributed by atoms with van der Waals surface area (Å²) < 4.78 is 5.65. The van der Waals surface area contributed by atoms with Crippen LogP contribution in [0.3, 0.4) is 0 Å². The molecule has 1 aromatic heterocycles. The van der Waals surface area contributed by atoms with E-state index in [-0.39, 0.29) is 17.9 Å². The second-order valence-electron chi connectivity index (χ2n) is 4.69. The van der Waals surface area contributed by atoms with Gasteiger partial charge in [0.25, 0.3) is 0 Å². The van der Waals surface area contributed by atoms with E-state index in [1.165, 1.54) is 0 Å². The van der Waals surface area contributed by atoms with Gasteiger partial charge in [0.2, 0.25) is 5.91 Å². The normalized spacial score (nSPS) is 23.7. The second kappa shape index (κ2) is 5.96. The number of hydrogen-bond donors (Lipinski definition) is 1. The van der Waals surface area contributed by atoms with E-state index in [1.54, 1.807) is 6.20 Å². The van der Waals surface area contributed by atoms with E-state index in [2.05, 4.69) is 17.2 Å². The van der Waals surface area contributed by atoms with Crippen LogP contribution in [-0.4, -0.2) is 23.6 Å². The molecule has 1 saturated heterocycles. The molecule has 1 fully saturated rings. The van der Waals surface area contributed by atoms with Crippen LogP contribution in [0, 0.1) is 12.8 Å². The van der Waals surface area contributed by atoms with Gasteiger partial charge in [-0.3, -0.25) is 9.78 Å². The van der Waals surface area contributed by atoms with Crippen LogP contribution < -0.4 is 5.32 Å². The summed E-state index contributed by atoms with van der Waals surface area (Å²) in [4.78, 5) is 16.4. The number of aromatic nitrogens is 1. The van der Waals surface area contributed by atoms with Crippen LogP contribution in [0.25, 0.3) is 0 Å². The highest BCUT2D eigenvalue weighted by atomic mass is 16.5. The van der Waals surface area contributed by atoms with Crippen molar-refractivity contribution in [1.82, 2.24) is 4.98 Å². The summed E-state index contributed by atoms with van der Waals surface area (Å²) in [5.74, 6) is 0.0148. The maximum atomic E-state index is 12.3. The first-order valence-electron chi connectivity index (χ1n) is 6.56. The van der Waals surface area contributed by atoms with Gasteiger partial charge < -0.3 is 10.1 Å². The standard InChI is InChI=1S/C14H20N2O2/c1-3-13-11(6-5-9-18-13)14(17)16-12-7-4-8-15-10(12)2/h4,7-8,11,13H,3,5-6,9H2,1-2H3,(H,16,17). The molecule has 2 heterocycles. The highest BCUT2D eigenvalue weighted by Crippen LogP contribution is 2.25. The van der Waals surface area contributed by atoms with Crippen LogP contribution in [0.4, 0.5) is 5.69 Å². The molecule has 1 amide bonds. The molecule has 2 rings (SSSR count). The number of ether oxygens (including phenoxy) is 1. The molecule has 1 aliphatic heterocycles.